The van der Waals surface area contributed by atoms with Crippen LogP contribution in [-0.4, -0.2) is 21.2 Å². The fourth-order valence-corrected chi connectivity index (χ4v) is 2.85. The average molecular weight is 288 g/mol. The van der Waals surface area contributed by atoms with Gasteiger partial charge in [-0.2, -0.15) is 0 Å². The average Bonchev–Trinajstić information content (AvgIpc) is 2.50. The lowest BCUT2D eigenvalue weighted by Gasteiger charge is -2.23. The number of benzene rings is 1. The molecule has 1 aliphatic carbocycles. The summed E-state index contributed by atoms with van der Waals surface area (Å²) in [5.74, 6) is 0.655. The van der Waals surface area contributed by atoms with Gasteiger partial charge in [0.2, 0.25) is 0 Å². The van der Waals surface area contributed by atoms with E-state index in [9.17, 15) is 9.90 Å². The lowest BCUT2D eigenvalue weighted by molar-refractivity contribution is 0.156. The Morgan fingerprint density at radius 2 is 2.10 bits per heavy atom. The van der Waals surface area contributed by atoms with E-state index in [2.05, 4.69) is 9.97 Å². The van der Waals surface area contributed by atoms with Crippen molar-refractivity contribution in [2.24, 2.45) is 0 Å². The van der Waals surface area contributed by atoms with Crippen molar-refractivity contribution in [3.05, 3.63) is 33.7 Å². The van der Waals surface area contributed by atoms with E-state index in [0.29, 0.717) is 22.5 Å². The summed E-state index contributed by atoms with van der Waals surface area (Å²) in [5.41, 5.74) is 2.21. The number of aliphatic hydroxyl groups excluding tert-OH is 1. The Morgan fingerprint density at radius 1 is 1.33 bits per heavy atom. The zero-order chi connectivity index (χ0) is 14.8. The van der Waals surface area contributed by atoms with Gasteiger partial charge in [-0.15, -0.1) is 0 Å². The van der Waals surface area contributed by atoms with Gasteiger partial charge in [-0.3, -0.25) is 4.79 Å². The number of rotatable bonds is 3. The molecule has 1 saturated carbocycles. The Labute approximate surface area is 123 Å². The molecule has 0 amide bonds. The maximum Gasteiger partial charge on any atom is 0.269 e. The molecule has 0 aliphatic heterocycles. The molecule has 5 heteroatoms. The van der Waals surface area contributed by atoms with Gasteiger partial charge in [-0.25, -0.2) is 4.98 Å². The number of aliphatic hydroxyl groups is 1. The van der Waals surface area contributed by atoms with Crippen LogP contribution in [0.5, 0.6) is 5.75 Å². The maximum atomic E-state index is 11.7. The standard InChI is InChI=1S/C16H20N2O3/c1-10-16(20)18-13-7-11(9-19)8-14(15(13)17-10)21-12-5-3-2-4-6-12/h7-8,12,19H,2-6,9H2,1H3,(H,18,20). The summed E-state index contributed by atoms with van der Waals surface area (Å²) in [6.07, 6.45) is 5.93. The third-order valence-electron chi connectivity index (χ3n) is 4.02. The van der Waals surface area contributed by atoms with Crippen LogP contribution in [0.2, 0.25) is 0 Å². The first-order chi connectivity index (χ1) is 10.2. The number of nitrogens with zero attached hydrogens (tertiary/aromatic N) is 1. The number of aromatic amines is 1. The van der Waals surface area contributed by atoms with E-state index in [-0.39, 0.29) is 18.3 Å². The van der Waals surface area contributed by atoms with Crippen LogP contribution < -0.4 is 10.3 Å². The van der Waals surface area contributed by atoms with Crippen molar-refractivity contribution < 1.29 is 9.84 Å². The van der Waals surface area contributed by atoms with Crippen molar-refractivity contribution >= 4 is 11.0 Å². The Kier molecular flexibility index (Phi) is 3.92. The zero-order valence-corrected chi connectivity index (χ0v) is 12.2. The van der Waals surface area contributed by atoms with E-state index in [1.165, 1.54) is 19.3 Å². The largest absolute Gasteiger partial charge is 0.488 e. The molecule has 2 N–H and O–H groups in total. The predicted octanol–water partition coefficient (Wildman–Crippen LogP) is 2.44. The van der Waals surface area contributed by atoms with Crippen LogP contribution in [0.25, 0.3) is 11.0 Å². The summed E-state index contributed by atoms with van der Waals surface area (Å²) < 4.78 is 6.11. The summed E-state index contributed by atoms with van der Waals surface area (Å²) in [6.45, 7) is 1.59. The predicted molar refractivity (Wildman–Crippen MR) is 80.5 cm³/mol. The molecular formula is C16H20N2O3. The Hall–Kier alpha value is -1.88. The van der Waals surface area contributed by atoms with E-state index in [1.54, 1.807) is 13.0 Å². The lowest BCUT2D eigenvalue weighted by atomic mass is 9.98. The van der Waals surface area contributed by atoms with E-state index in [1.807, 2.05) is 6.07 Å². The van der Waals surface area contributed by atoms with Gasteiger partial charge in [0.15, 0.2) is 0 Å². The van der Waals surface area contributed by atoms with Gasteiger partial charge >= 0.3 is 0 Å². The van der Waals surface area contributed by atoms with E-state index < -0.39 is 0 Å². The molecule has 5 nitrogen and oxygen atoms in total. The molecule has 21 heavy (non-hydrogen) atoms. The third-order valence-corrected chi connectivity index (χ3v) is 4.02. The number of aryl methyl sites for hydroxylation is 1. The highest BCUT2D eigenvalue weighted by Crippen LogP contribution is 2.29. The Morgan fingerprint density at radius 3 is 2.81 bits per heavy atom. The number of hydrogen-bond acceptors (Lipinski definition) is 4. The second kappa shape index (κ2) is 5.85. The zero-order valence-electron chi connectivity index (χ0n) is 12.2. The number of fused-ring (bicyclic) bond motifs is 1. The van der Waals surface area contributed by atoms with Crippen molar-refractivity contribution in [2.45, 2.75) is 51.7 Å². The van der Waals surface area contributed by atoms with Gasteiger partial charge in [0.05, 0.1) is 18.2 Å². The first kappa shape index (κ1) is 14.1. The molecule has 0 atom stereocenters. The topological polar surface area (TPSA) is 75.2 Å². The Balaban J connectivity index is 2.05. The van der Waals surface area contributed by atoms with Crippen LogP contribution in [0.15, 0.2) is 16.9 Å². The SMILES string of the molecule is Cc1nc2c(OC3CCCCC3)cc(CO)cc2[nH]c1=O. The third kappa shape index (κ3) is 2.93. The number of ether oxygens (including phenoxy) is 1. The van der Waals surface area contributed by atoms with Crippen molar-refractivity contribution in [1.29, 1.82) is 0 Å². The van der Waals surface area contributed by atoms with Gasteiger partial charge < -0.3 is 14.8 Å². The van der Waals surface area contributed by atoms with E-state index >= 15 is 0 Å². The van der Waals surface area contributed by atoms with Gasteiger partial charge in [0.25, 0.3) is 5.56 Å². The molecule has 1 aromatic heterocycles. The van der Waals surface area contributed by atoms with Crippen LogP contribution in [0.3, 0.4) is 0 Å². The fourth-order valence-electron chi connectivity index (χ4n) is 2.85. The molecule has 112 valence electrons. The molecule has 1 fully saturated rings. The van der Waals surface area contributed by atoms with Crippen LogP contribution in [0.1, 0.15) is 43.4 Å². The normalized spacial score (nSPS) is 16.3. The highest BCUT2D eigenvalue weighted by Gasteiger charge is 2.17. The molecule has 1 aliphatic rings. The van der Waals surface area contributed by atoms with Crippen molar-refractivity contribution in [1.82, 2.24) is 9.97 Å². The Bertz CT molecular complexity index is 702. The van der Waals surface area contributed by atoms with Gasteiger partial charge in [-0.05, 0) is 50.3 Å². The summed E-state index contributed by atoms with van der Waals surface area (Å²) >= 11 is 0. The second-order valence-electron chi connectivity index (χ2n) is 5.68. The highest BCUT2D eigenvalue weighted by molar-refractivity contribution is 5.81. The molecule has 1 heterocycles. The van der Waals surface area contributed by atoms with Crippen LogP contribution in [0, 0.1) is 6.92 Å². The number of H-pyrrole nitrogens is 1. The summed E-state index contributed by atoms with van der Waals surface area (Å²) in [7, 11) is 0. The molecular weight excluding hydrogens is 268 g/mol. The van der Waals surface area contributed by atoms with Crippen molar-refractivity contribution in [2.75, 3.05) is 0 Å². The second-order valence-corrected chi connectivity index (χ2v) is 5.68. The summed E-state index contributed by atoms with van der Waals surface area (Å²) in [6, 6.07) is 3.57. The van der Waals surface area contributed by atoms with E-state index in [0.717, 1.165) is 18.4 Å². The van der Waals surface area contributed by atoms with Crippen molar-refractivity contribution in [3.63, 3.8) is 0 Å². The molecule has 0 spiro atoms. The molecule has 0 bridgehead atoms. The quantitative estimate of drug-likeness (QED) is 0.909. The number of aromatic nitrogens is 2. The summed E-state index contributed by atoms with van der Waals surface area (Å²) in [5, 5.41) is 9.38. The molecule has 0 unspecified atom stereocenters. The van der Waals surface area contributed by atoms with Crippen molar-refractivity contribution in [3.8, 4) is 5.75 Å². The van der Waals surface area contributed by atoms with Crippen LogP contribution in [0.4, 0.5) is 0 Å². The van der Waals surface area contributed by atoms with Crippen LogP contribution >= 0.6 is 0 Å². The fraction of sp³-hybridized carbons (Fsp3) is 0.500. The molecule has 0 saturated heterocycles. The summed E-state index contributed by atoms with van der Waals surface area (Å²) in [4.78, 5) is 18.9. The van der Waals surface area contributed by atoms with Crippen LogP contribution in [-0.2, 0) is 6.61 Å². The van der Waals surface area contributed by atoms with Gasteiger partial charge in [0, 0.05) is 0 Å². The minimum atomic E-state index is -0.207. The molecule has 1 aromatic carbocycles. The number of nitrogens with one attached hydrogen (secondary N) is 1. The smallest absolute Gasteiger partial charge is 0.269 e. The molecule has 0 radical (unpaired) electrons. The highest BCUT2D eigenvalue weighted by atomic mass is 16.5. The first-order valence-electron chi connectivity index (χ1n) is 7.48. The minimum Gasteiger partial charge on any atom is -0.488 e. The lowest BCUT2D eigenvalue weighted by Crippen LogP contribution is -2.20. The monoisotopic (exact) mass is 288 g/mol. The van der Waals surface area contributed by atoms with Gasteiger partial charge in [0.1, 0.15) is 17.0 Å². The minimum absolute atomic E-state index is 0.0904. The van der Waals surface area contributed by atoms with Gasteiger partial charge in [-0.1, -0.05) is 6.42 Å². The van der Waals surface area contributed by atoms with E-state index in [4.69, 9.17) is 4.74 Å². The molecule has 3 rings (SSSR count). The maximum absolute atomic E-state index is 11.7. The number of hydrogen-bond donors (Lipinski definition) is 2. The molecule has 2 aromatic rings. The first-order valence-corrected chi connectivity index (χ1v) is 7.48.